The van der Waals surface area contributed by atoms with E-state index < -0.39 is 6.03 Å². The molecule has 0 bridgehead atoms. The summed E-state index contributed by atoms with van der Waals surface area (Å²) in [6.45, 7) is 0. The van der Waals surface area contributed by atoms with Crippen LogP contribution in [0.3, 0.4) is 0 Å². The fraction of sp³-hybridized carbons (Fsp3) is 0.0500. The first-order chi connectivity index (χ1) is 14.5. The van der Waals surface area contributed by atoms with Gasteiger partial charge in [0.05, 0.1) is 37.1 Å². The highest BCUT2D eigenvalue weighted by Crippen LogP contribution is 2.28. The molecule has 3 N–H and O–H groups in total. The Labute approximate surface area is 184 Å². The minimum atomic E-state index is -0.398. The van der Waals surface area contributed by atoms with Crippen LogP contribution >= 0.6 is 34.9 Å². The molecule has 7 nitrogen and oxygen atoms in total. The van der Waals surface area contributed by atoms with Gasteiger partial charge in [0.2, 0.25) is 5.43 Å². The maximum atomic E-state index is 12.8. The summed E-state index contributed by atoms with van der Waals surface area (Å²) in [5.74, 6) is 0. The van der Waals surface area contributed by atoms with Crippen molar-refractivity contribution in [2.24, 2.45) is 0 Å². The lowest BCUT2D eigenvalue weighted by Gasteiger charge is -2.07. The molecular formula is C20H15ClN4O3S2. The van der Waals surface area contributed by atoms with Crippen molar-refractivity contribution in [1.29, 1.82) is 0 Å². The van der Waals surface area contributed by atoms with Crippen molar-refractivity contribution in [2.75, 3.05) is 17.7 Å². The number of carbonyl (C=O) groups is 1. The number of benzene rings is 1. The molecule has 0 aliphatic heterocycles. The average molecular weight is 459 g/mol. The van der Waals surface area contributed by atoms with Gasteiger partial charge in [0, 0.05) is 18.8 Å². The number of nitrogens with zero attached hydrogens (tertiary/aromatic N) is 1. The van der Waals surface area contributed by atoms with Crippen LogP contribution in [0.15, 0.2) is 68.3 Å². The van der Waals surface area contributed by atoms with Crippen molar-refractivity contribution in [1.82, 2.24) is 9.71 Å². The summed E-state index contributed by atoms with van der Waals surface area (Å²) < 4.78 is 9.81. The first-order valence-corrected chi connectivity index (χ1v) is 10.7. The molecule has 1 aromatic carbocycles. The van der Waals surface area contributed by atoms with E-state index in [1.807, 2.05) is 12.1 Å². The SMILES string of the molecule is CNc1ccc2c(=O)c(-c3ccc(NC(=O)NSc4ccc(Cl)s4)cn3)coc2c1. The maximum Gasteiger partial charge on any atom is 0.329 e. The molecule has 152 valence electrons. The van der Waals surface area contributed by atoms with E-state index in [-0.39, 0.29) is 5.43 Å². The Kier molecular flexibility index (Phi) is 5.93. The second-order valence-electron chi connectivity index (χ2n) is 6.09. The van der Waals surface area contributed by atoms with Gasteiger partial charge in [-0.25, -0.2) is 4.79 Å². The molecule has 3 heterocycles. The number of fused-ring (bicyclic) bond motifs is 1. The van der Waals surface area contributed by atoms with E-state index in [9.17, 15) is 9.59 Å². The van der Waals surface area contributed by atoms with Crippen LogP contribution < -0.4 is 20.8 Å². The number of hydrogen-bond donors (Lipinski definition) is 3. The molecule has 2 amide bonds. The number of halogens is 1. The molecule has 3 aromatic heterocycles. The van der Waals surface area contributed by atoms with Crippen LogP contribution in [0, 0.1) is 0 Å². The van der Waals surface area contributed by atoms with Crippen LogP contribution in [0.1, 0.15) is 0 Å². The first-order valence-electron chi connectivity index (χ1n) is 8.72. The first kappa shape index (κ1) is 20.3. The normalized spacial score (nSPS) is 10.7. The monoisotopic (exact) mass is 458 g/mol. The third kappa shape index (κ3) is 4.43. The number of rotatable bonds is 5. The van der Waals surface area contributed by atoms with Gasteiger partial charge in [0.25, 0.3) is 0 Å². The number of anilines is 2. The van der Waals surface area contributed by atoms with Gasteiger partial charge in [-0.3, -0.25) is 14.5 Å². The van der Waals surface area contributed by atoms with E-state index in [2.05, 4.69) is 20.3 Å². The lowest BCUT2D eigenvalue weighted by molar-refractivity contribution is 0.257. The fourth-order valence-electron chi connectivity index (χ4n) is 2.69. The summed E-state index contributed by atoms with van der Waals surface area (Å²) in [5.41, 5.74) is 2.47. The Bertz CT molecular complexity index is 1270. The zero-order valence-corrected chi connectivity index (χ0v) is 18.0. The Morgan fingerprint density at radius 1 is 1.17 bits per heavy atom. The standard InChI is InChI=1S/C20H15ClN4O3S2/c1-22-11-2-4-13-16(8-11)28-10-14(19(13)26)15-5-3-12(9-23-15)24-20(27)25-30-18-7-6-17(21)29-18/h2-10,22H,1H3,(H2,24,25,27). The van der Waals surface area contributed by atoms with E-state index in [1.54, 1.807) is 37.4 Å². The molecule has 0 saturated carbocycles. The highest BCUT2D eigenvalue weighted by Gasteiger charge is 2.11. The van der Waals surface area contributed by atoms with Crippen molar-refractivity contribution < 1.29 is 9.21 Å². The van der Waals surface area contributed by atoms with Gasteiger partial charge >= 0.3 is 6.03 Å². The Hall–Kier alpha value is -3.01. The summed E-state index contributed by atoms with van der Waals surface area (Å²) in [6.07, 6.45) is 2.88. The van der Waals surface area contributed by atoms with Gasteiger partial charge in [-0.05, 0) is 48.3 Å². The van der Waals surface area contributed by atoms with Gasteiger partial charge in [0.15, 0.2) is 0 Å². The minimum absolute atomic E-state index is 0.170. The molecule has 0 spiro atoms. The number of nitrogens with one attached hydrogen (secondary N) is 3. The lowest BCUT2D eigenvalue weighted by Crippen LogP contribution is -2.22. The van der Waals surface area contributed by atoms with Crippen LogP contribution in [-0.2, 0) is 0 Å². The molecule has 0 radical (unpaired) electrons. The highest BCUT2D eigenvalue weighted by molar-refractivity contribution is 7.99. The molecule has 0 aliphatic carbocycles. The lowest BCUT2D eigenvalue weighted by atomic mass is 10.1. The largest absolute Gasteiger partial charge is 0.463 e. The number of carbonyl (C=O) groups excluding carboxylic acids is 1. The van der Waals surface area contributed by atoms with Crippen molar-refractivity contribution in [3.8, 4) is 11.3 Å². The Balaban J connectivity index is 1.47. The fourth-order valence-corrected chi connectivity index (χ4v) is 4.55. The average Bonchev–Trinajstić information content (AvgIpc) is 3.18. The summed E-state index contributed by atoms with van der Waals surface area (Å²) in [5, 5.41) is 6.16. The summed E-state index contributed by atoms with van der Waals surface area (Å²) >= 11 is 8.40. The minimum Gasteiger partial charge on any atom is -0.463 e. The van der Waals surface area contributed by atoms with Gasteiger partial charge in [-0.15, -0.1) is 11.3 Å². The number of thiophene rings is 1. The smallest absolute Gasteiger partial charge is 0.329 e. The Morgan fingerprint density at radius 3 is 2.70 bits per heavy atom. The molecule has 0 saturated heterocycles. The second-order valence-corrected chi connectivity index (χ2v) is 8.91. The molecule has 30 heavy (non-hydrogen) atoms. The third-order valence-corrected chi connectivity index (χ3v) is 6.30. The van der Waals surface area contributed by atoms with Crippen LogP contribution in [0.25, 0.3) is 22.2 Å². The molecular weight excluding hydrogens is 444 g/mol. The molecule has 0 atom stereocenters. The van der Waals surface area contributed by atoms with Crippen LogP contribution in [-0.4, -0.2) is 18.1 Å². The molecule has 4 rings (SSSR count). The number of pyridine rings is 1. The number of hydrogen-bond acceptors (Lipinski definition) is 7. The van der Waals surface area contributed by atoms with E-state index in [4.69, 9.17) is 16.0 Å². The van der Waals surface area contributed by atoms with Crippen LogP contribution in [0.5, 0.6) is 0 Å². The predicted molar refractivity (Wildman–Crippen MR) is 123 cm³/mol. The predicted octanol–water partition coefficient (Wildman–Crippen LogP) is 5.44. The van der Waals surface area contributed by atoms with Gasteiger partial charge in [-0.2, -0.15) is 0 Å². The van der Waals surface area contributed by atoms with Crippen molar-refractivity contribution in [2.45, 2.75) is 4.21 Å². The van der Waals surface area contributed by atoms with E-state index in [0.29, 0.717) is 32.3 Å². The van der Waals surface area contributed by atoms with Crippen molar-refractivity contribution in [3.63, 3.8) is 0 Å². The van der Waals surface area contributed by atoms with Crippen LogP contribution in [0.2, 0.25) is 4.34 Å². The van der Waals surface area contributed by atoms with Crippen molar-refractivity contribution in [3.05, 3.63) is 69.5 Å². The summed E-state index contributed by atoms with van der Waals surface area (Å²) in [7, 11) is 1.80. The highest BCUT2D eigenvalue weighted by atomic mass is 35.5. The number of aromatic nitrogens is 1. The quantitative estimate of drug-likeness (QED) is 0.344. The number of urea groups is 1. The number of amides is 2. The molecule has 4 aromatic rings. The zero-order chi connectivity index (χ0) is 21.1. The molecule has 0 aliphatic rings. The third-order valence-electron chi connectivity index (χ3n) is 4.15. The van der Waals surface area contributed by atoms with Gasteiger partial charge in [-0.1, -0.05) is 11.6 Å². The topological polar surface area (TPSA) is 96.3 Å². The summed E-state index contributed by atoms with van der Waals surface area (Å²) in [6, 6.07) is 11.8. The summed E-state index contributed by atoms with van der Waals surface area (Å²) in [4.78, 5) is 29.1. The van der Waals surface area contributed by atoms with Crippen LogP contribution in [0.4, 0.5) is 16.2 Å². The van der Waals surface area contributed by atoms with E-state index in [1.165, 1.54) is 35.7 Å². The van der Waals surface area contributed by atoms with E-state index >= 15 is 0 Å². The maximum absolute atomic E-state index is 12.8. The second kappa shape index (κ2) is 8.78. The molecule has 10 heteroatoms. The molecule has 0 fully saturated rings. The van der Waals surface area contributed by atoms with Gasteiger partial charge < -0.3 is 15.1 Å². The van der Waals surface area contributed by atoms with E-state index in [0.717, 1.165) is 9.90 Å². The van der Waals surface area contributed by atoms with Gasteiger partial charge in [0.1, 0.15) is 11.8 Å². The van der Waals surface area contributed by atoms with Crippen molar-refractivity contribution >= 4 is 63.3 Å². The Morgan fingerprint density at radius 2 is 2.00 bits per heavy atom. The molecule has 0 unspecified atom stereocenters. The zero-order valence-electron chi connectivity index (χ0n) is 15.6.